The van der Waals surface area contributed by atoms with Crippen molar-refractivity contribution in [2.75, 3.05) is 11.4 Å². The van der Waals surface area contributed by atoms with E-state index in [0.717, 1.165) is 56.8 Å². The van der Waals surface area contributed by atoms with Crippen LogP contribution in [0.4, 0.5) is 5.95 Å². The molecule has 10 nitrogen and oxygen atoms in total. The molecule has 156 valence electrons. The molecule has 2 aromatic heterocycles. The lowest BCUT2D eigenvalue weighted by atomic mass is 10.1. The Morgan fingerprint density at radius 2 is 1.72 bits per heavy atom. The van der Waals surface area contributed by atoms with Gasteiger partial charge in [0.05, 0.1) is 12.1 Å². The van der Waals surface area contributed by atoms with Gasteiger partial charge >= 0.3 is 0 Å². The molecule has 0 fully saturated rings. The van der Waals surface area contributed by atoms with E-state index in [9.17, 15) is 9.59 Å². The van der Waals surface area contributed by atoms with Crippen molar-refractivity contribution < 1.29 is 14.8 Å². The van der Waals surface area contributed by atoms with Crippen LogP contribution in [0.25, 0.3) is 0 Å². The Balaban J connectivity index is 1.40. The molecule has 1 amide bonds. The van der Waals surface area contributed by atoms with Gasteiger partial charge in [-0.05, 0) is 19.8 Å². The van der Waals surface area contributed by atoms with E-state index in [4.69, 9.17) is 5.21 Å². The average molecular weight is 401 g/mol. The summed E-state index contributed by atoms with van der Waals surface area (Å²) in [6.07, 6.45) is 8.32. The van der Waals surface area contributed by atoms with Gasteiger partial charge in [0, 0.05) is 38.3 Å². The SMILES string of the molecule is Cc1nnc2n1CCN(c1ncc(C(=O)CCCCCCCC(=O)NO)cn1)C2. The number of fused-ring (bicyclic) bond motifs is 1. The van der Waals surface area contributed by atoms with Crippen molar-refractivity contribution in [1.29, 1.82) is 0 Å². The number of rotatable bonds is 10. The maximum atomic E-state index is 12.3. The average Bonchev–Trinajstić information content (AvgIpc) is 3.13. The highest BCUT2D eigenvalue weighted by molar-refractivity contribution is 5.95. The van der Waals surface area contributed by atoms with Crippen LogP contribution < -0.4 is 10.4 Å². The van der Waals surface area contributed by atoms with Gasteiger partial charge in [-0.2, -0.15) is 0 Å². The zero-order chi connectivity index (χ0) is 20.6. The van der Waals surface area contributed by atoms with Gasteiger partial charge in [-0.15, -0.1) is 10.2 Å². The summed E-state index contributed by atoms with van der Waals surface area (Å²) in [7, 11) is 0. The van der Waals surface area contributed by atoms with E-state index < -0.39 is 0 Å². The van der Waals surface area contributed by atoms with Gasteiger partial charge in [0.1, 0.15) is 5.82 Å². The first-order valence-electron chi connectivity index (χ1n) is 10.0. The quantitative estimate of drug-likeness (QED) is 0.267. The van der Waals surface area contributed by atoms with Crippen LogP contribution in [-0.4, -0.2) is 48.2 Å². The summed E-state index contributed by atoms with van der Waals surface area (Å²) < 4.78 is 2.09. The third kappa shape index (κ3) is 5.57. The normalized spacial score (nSPS) is 13.2. The summed E-state index contributed by atoms with van der Waals surface area (Å²) in [5, 5.41) is 16.7. The van der Waals surface area contributed by atoms with E-state index in [2.05, 4.69) is 24.7 Å². The molecule has 0 spiro atoms. The number of ketones is 1. The molecule has 10 heteroatoms. The molecular weight excluding hydrogens is 374 g/mol. The number of aryl methyl sites for hydroxylation is 1. The molecule has 29 heavy (non-hydrogen) atoms. The van der Waals surface area contributed by atoms with Crippen LogP contribution in [-0.2, 0) is 17.9 Å². The van der Waals surface area contributed by atoms with Crippen LogP contribution in [0.15, 0.2) is 12.4 Å². The van der Waals surface area contributed by atoms with Gasteiger partial charge in [-0.1, -0.05) is 19.3 Å². The zero-order valence-corrected chi connectivity index (χ0v) is 16.7. The highest BCUT2D eigenvalue weighted by atomic mass is 16.5. The van der Waals surface area contributed by atoms with E-state index in [0.29, 0.717) is 30.9 Å². The van der Waals surface area contributed by atoms with Gasteiger partial charge in [-0.3, -0.25) is 14.8 Å². The molecule has 0 aromatic carbocycles. The van der Waals surface area contributed by atoms with E-state index in [1.165, 1.54) is 0 Å². The van der Waals surface area contributed by atoms with E-state index in [1.54, 1.807) is 17.9 Å². The highest BCUT2D eigenvalue weighted by Gasteiger charge is 2.21. The van der Waals surface area contributed by atoms with Gasteiger partial charge in [0.2, 0.25) is 11.9 Å². The molecule has 0 aliphatic carbocycles. The molecule has 0 radical (unpaired) electrons. The number of hydrogen-bond acceptors (Lipinski definition) is 8. The summed E-state index contributed by atoms with van der Waals surface area (Å²) >= 11 is 0. The molecule has 3 rings (SSSR count). The maximum Gasteiger partial charge on any atom is 0.243 e. The summed E-state index contributed by atoms with van der Waals surface area (Å²) in [5.41, 5.74) is 2.16. The molecule has 1 aliphatic rings. The molecule has 0 saturated carbocycles. The Hall–Kier alpha value is -2.88. The lowest BCUT2D eigenvalue weighted by Crippen LogP contribution is -2.35. The fourth-order valence-electron chi connectivity index (χ4n) is 3.40. The maximum absolute atomic E-state index is 12.3. The van der Waals surface area contributed by atoms with E-state index >= 15 is 0 Å². The highest BCUT2D eigenvalue weighted by Crippen LogP contribution is 2.17. The van der Waals surface area contributed by atoms with Crippen LogP contribution in [0.1, 0.15) is 67.0 Å². The number of anilines is 1. The van der Waals surface area contributed by atoms with Crippen LogP contribution in [0.5, 0.6) is 0 Å². The molecule has 2 N–H and O–H groups in total. The fraction of sp³-hybridized carbons (Fsp3) is 0.579. The summed E-state index contributed by atoms with van der Waals surface area (Å²) in [5.74, 6) is 2.10. The third-order valence-electron chi connectivity index (χ3n) is 5.11. The lowest BCUT2D eigenvalue weighted by Gasteiger charge is -2.27. The van der Waals surface area contributed by atoms with Gasteiger partial charge in [0.25, 0.3) is 0 Å². The van der Waals surface area contributed by atoms with E-state index in [-0.39, 0.29) is 11.7 Å². The minimum atomic E-state index is -0.356. The third-order valence-corrected chi connectivity index (χ3v) is 5.11. The Morgan fingerprint density at radius 3 is 2.45 bits per heavy atom. The number of Topliss-reactive ketones (excluding diaryl/α,β-unsaturated/α-hetero) is 1. The smallest absolute Gasteiger partial charge is 0.243 e. The van der Waals surface area contributed by atoms with Crippen molar-refractivity contribution in [2.24, 2.45) is 0 Å². The summed E-state index contributed by atoms with van der Waals surface area (Å²) in [6.45, 7) is 4.12. The molecule has 1 aliphatic heterocycles. The molecule has 0 bridgehead atoms. The first-order valence-corrected chi connectivity index (χ1v) is 10.0. The Bertz CT molecular complexity index is 835. The van der Waals surface area contributed by atoms with Gasteiger partial charge in [0.15, 0.2) is 11.6 Å². The second kappa shape index (κ2) is 10.1. The molecule has 0 atom stereocenters. The predicted octanol–water partition coefficient (Wildman–Crippen LogP) is 1.82. The fourth-order valence-corrected chi connectivity index (χ4v) is 3.40. The first-order chi connectivity index (χ1) is 14.1. The van der Waals surface area contributed by atoms with Crippen molar-refractivity contribution in [1.82, 2.24) is 30.2 Å². The number of aromatic nitrogens is 5. The number of hydroxylamine groups is 1. The first kappa shape index (κ1) is 20.8. The Kier molecular flexibility index (Phi) is 7.23. The van der Waals surface area contributed by atoms with Crippen LogP contribution in [0.3, 0.4) is 0 Å². The standard InChI is InChI=1S/C19H27N7O3/c1-14-22-23-17-13-25(9-10-26(14)17)19-20-11-15(12-21-19)16(27)7-5-3-2-4-6-8-18(28)24-29/h11-12,29H,2-10,13H2,1H3,(H,24,28). The minimum Gasteiger partial charge on any atom is -0.331 e. The topological polar surface area (TPSA) is 126 Å². The van der Waals surface area contributed by atoms with Gasteiger partial charge in [-0.25, -0.2) is 15.4 Å². The molecule has 0 unspecified atom stereocenters. The second-order valence-corrected chi connectivity index (χ2v) is 7.23. The number of nitrogens with one attached hydrogen (secondary N) is 1. The monoisotopic (exact) mass is 401 g/mol. The number of amides is 1. The van der Waals surface area contributed by atoms with Crippen LogP contribution in [0, 0.1) is 6.92 Å². The number of nitrogens with zero attached hydrogens (tertiary/aromatic N) is 6. The number of carbonyl (C=O) groups is 2. The van der Waals surface area contributed by atoms with Crippen LogP contribution >= 0.6 is 0 Å². The Labute approximate surface area is 169 Å². The van der Waals surface area contributed by atoms with Crippen molar-refractivity contribution >= 4 is 17.6 Å². The summed E-state index contributed by atoms with van der Waals surface area (Å²) in [6, 6.07) is 0. The number of unbranched alkanes of at least 4 members (excludes halogenated alkanes) is 4. The van der Waals surface area contributed by atoms with Crippen molar-refractivity contribution in [2.45, 2.75) is 65.0 Å². The van der Waals surface area contributed by atoms with Gasteiger partial charge < -0.3 is 9.47 Å². The molecule has 3 heterocycles. The predicted molar refractivity (Wildman–Crippen MR) is 104 cm³/mol. The largest absolute Gasteiger partial charge is 0.331 e. The second-order valence-electron chi connectivity index (χ2n) is 7.23. The lowest BCUT2D eigenvalue weighted by molar-refractivity contribution is -0.129. The number of hydrogen-bond donors (Lipinski definition) is 2. The van der Waals surface area contributed by atoms with Crippen molar-refractivity contribution in [3.05, 3.63) is 29.6 Å². The molecular formula is C19H27N7O3. The van der Waals surface area contributed by atoms with E-state index in [1.807, 2.05) is 11.8 Å². The summed E-state index contributed by atoms with van der Waals surface area (Å²) in [4.78, 5) is 34.0. The molecule has 0 saturated heterocycles. The van der Waals surface area contributed by atoms with Crippen molar-refractivity contribution in [3.8, 4) is 0 Å². The Morgan fingerprint density at radius 1 is 1.03 bits per heavy atom. The number of carbonyl (C=O) groups excluding carboxylic acids is 2. The van der Waals surface area contributed by atoms with Crippen LogP contribution in [0.2, 0.25) is 0 Å². The molecule has 2 aromatic rings. The zero-order valence-electron chi connectivity index (χ0n) is 16.7. The minimum absolute atomic E-state index is 0.0465. The van der Waals surface area contributed by atoms with Crippen molar-refractivity contribution in [3.63, 3.8) is 0 Å².